The molecule has 7 heteroatoms. The third-order valence-electron chi connectivity index (χ3n) is 2.28. The third kappa shape index (κ3) is 3.29. The Bertz CT molecular complexity index is 629. The van der Waals surface area contributed by atoms with Crippen LogP contribution in [0.1, 0.15) is 10.4 Å². The molecule has 0 aliphatic rings. The summed E-state index contributed by atoms with van der Waals surface area (Å²) >= 11 is 17.5. The number of pyridine rings is 1. The van der Waals surface area contributed by atoms with E-state index in [9.17, 15) is 4.79 Å². The van der Waals surface area contributed by atoms with Gasteiger partial charge in [-0.15, -0.1) is 0 Å². The zero-order valence-electron chi connectivity index (χ0n) is 9.45. The second kappa shape index (κ2) is 5.65. The first kappa shape index (κ1) is 13.9. The lowest BCUT2D eigenvalue weighted by Crippen LogP contribution is -2.13. The molecule has 0 atom stereocenters. The normalized spacial score (nSPS) is 10.3. The van der Waals surface area contributed by atoms with Crippen LogP contribution >= 0.6 is 34.8 Å². The number of anilines is 2. The van der Waals surface area contributed by atoms with E-state index in [1.54, 1.807) is 12.1 Å². The predicted molar refractivity (Wildman–Crippen MR) is 78.1 cm³/mol. The smallest absolute Gasteiger partial charge is 0.257 e. The van der Waals surface area contributed by atoms with Crippen molar-refractivity contribution in [2.75, 3.05) is 11.1 Å². The summed E-state index contributed by atoms with van der Waals surface area (Å²) in [5.41, 5.74) is 6.67. The van der Waals surface area contributed by atoms with E-state index in [1.165, 1.54) is 18.3 Å². The number of nitrogens with one attached hydrogen (secondary N) is 1. The number of hydrogen-bond acceptors (Lipinski definition) is 3. The van der Waals surface area contributed by atoms with Crippen LogP contribution in [0.4, 0.5) is 11.4 Å². The molecule has 1 amide bonds. The van der Waals surface area contributed by atoms with Crippen LogP contribution < -0.4 is 11.1 Å². The van der Waals surface area contributed by atoms with Crippen molar-refractivity contribution in [3.05, 3.63) is 51.2 Å². The monoisotopic (exact) mass is 315 g/mol. The molecule has 98 valence electrons. The number of carbonyl (C=O) groups excluding carboxylic acids is 1. The summed E-state index contributed by atoms with van der Waals surface area (Å²) in [5.74, 6) is -0.427. The number of hydrogen-bond donors (Lipinski definition) is 2. The predicted octanol–water partition coefficient (Wildman–Crippen LogP) is 3.88. The van der Waals surface area contributed by atoms with Crippen LogP contribution in [0.25, 0.3) is 0 Å². The van der Waals surface area contributed by atoms with Crippen LogP contribution in [0, 0.1) is 0 Å². The van der Waals surface area contributed by atoms with Crippen LogP contribution in [-0.2, 0) is 0 Å². The lowest BCUT2D eigenvalue weighted by Gasteiger charge is -2.08. The first-order valence-electron chi connectivity index (χ1n) is 5.15. The number of benzene rings is 1. The number of halogens is 3. The largest absolute Gasteiger partial charge is 0.399 e. The van der Waals surface area contributed by atoms with Gasteiger partial charge in [-0.1, -0.05) is 34.8 Å². The highest BCUT2D eigenvalue weighted by Gasteiger charge is 2.14. The average molecular weight is 317 g/mol. The van der Waals surface area contributed by atoms with E-state index in [0.29, 0.717) is 16.5 Å². The number of amides is 1. The van der Waals surface area contributed by atoms with Crippen molar-refractivity contribution in [3.63, 3.8) is 0 Å². The van der Waals surface area contributed by atoms with E-state index < -0.39 is 5.91 Å². The number of nitrogens with two attached hydrogens (primary N) is 1. The number of carbonyl (C=O) groups is 1. The Kier molecular flexibility index (Phi) is 4.14. The first-order valence-corrected chi connectivity index (χ1v) is 6.28. The van der Waals surface area contributed by atoms with E-state index in [-0.39, 0.29) is 15.6 Å². The summed E-state index contributed by atoms with van der Waals surface area (Å²) in [4.78, 5) is 15.9. The molecule has 1 heterocycles. The van der Waals surface area contributed by atoms with Crippen molar-refractivity contribution in [1.29, 1.82) is 0 Å². The van der Waals surface area contributed by atoms with Gasteiger partial charge in [0.1, 0.15) is 5.15 Å². The third-order valence-corrected chi connectivity index (χ3v) is 3.31. The standard InChI is InChI=1S/C12H8Cl3N3O/c13-9-4-6(16)3-8(11(9)15)12(19)18-7-1-2-10(14)17-5-7/h1-5H,16H2,(H,18,19). The second-order valence-corrected chi connectivity index (χ2v) is 4.86. The Morgan fingerprint density at radius 1 is 1.21 bits per heavy atom. The van der Waals surface area contributed by atoms with Gasteiger partial charge in [0.05, 0.1) is 27.5 Å². The SMILES string of the molecule is Nc1cc(Cl)c(Cl)c(C(=O)Nc2ccc(Cl)nc2)c1. The Balaban J connectivity index is 2.27. The Morgan fingerprint density at radius 2 is 1.95 bits per heavy atom. The van der Waals surface area contributed by atoms with Crippen molar-refractivity contribution < 1.29 is 4.79 Å². The number of rotatable bonds is 2. The molecular weight excluding hydrogens is 309 g/mol. The Hall–Kier alpha value is -1.49. The van der Waals surface area contributed by atoms with Gasteiger partial charge in [-0.3, -0.25) is 4.79 Å². The molecule has 0 aliphatic heterocycles. The maximum atomic E-state index is 12.1. The molecule has 1 aromatic heterocycles. The second-order valence-electron chi connectivity index (χ2n) is 3.69. The molecule has 4 nitrogen and oxygen atoms in total. The van der Waals surface area contributed by atoms with Gasteiger partial charge in [0.25, 0.3) is 5.91 Å². The van der Waals surface area contributed by atoms with Crippen molar-refractivity contribution >= 4 is 52.1 Å². The van der Waals surface area contributed by atoms with E-state index >= 15 is 0 Å². The number of nitrogen functional groups attached to an aromatic ring is 1. The molecule has 2 aromatic rings. The maximum Gasteiger partial charge on any atom is 0.257 e. The summed E-state index contributed by atoms with van der Waals surface area (Å²) in [6.45, 7) is 0. The minimum atomic E-state index is -0.427. The van der Waals surface area contributed by atoms with E-state index in [2.05, 4.69) is 10.3 Å². The van der Waals surface area contributed by atoms with Gasteiger partial charge < -0.3 is 11.1 Å². The molecule has 0 fully saturated rings. The fourth-order valence-electron chi connectivity index (χ4n) is 1.42. The van der Waals surface area contributed by atoms with Crippen LogP contribution in [0.15, 0.2) is 30.5 Å². The van der Waals surface area contributed by atoms with Gasteiger partial charge >= 0.3 is 0 Å². The molecule has 2 rings (SSSR count). The highest BCUT2D eigenvalue weighted by Crippen LogP contribution is 2.29. The molecule has 0 saturated carbocycles. The molecule has 1 aromatic carbocycles. The van der Waals surface area contributed by atoms with Crippen LogP contribution in [-0.4, -0.2) is 10.9 Å². The minimum absolute atomic E-state index is 0.148. The Morgan fingerprint density at radius 3 is 2.58 bits per heavy atom. The van der Waals surface area contributed by atoms with Gasteiger partial charge in [-0.2, -0.15) is 0 Å². The summed E-state index contributed by atoms with van der Waals surface area (Å²) in [6, 6.07) is 6.11. The highest BCUT2D eigenvalue weighted by atomic mass is 35.5. The molecular formula is C12H8Cl3N3O. The first-order chi connectivity index (χ1) is 8.97. The van der Waals surface area contributed by atoms with E-state index in [1.807, 2.05) is 0 Å². The van der Waals surface area contributed by atoms with Crippen molar-refractivity contribution in [2.24, 2.45) is 0 Å². The van der Waals surface area contributed by atoms with Crippen LogP contribution in [0.5, 0.6) is 0 Å². The quantitative estimate of drug-likeness (QED) is 0.652. The zero-order valence-corrected chi connectivity index (χ0v) is 11.7. The molecule has 3 N–H and O–H groups in total. The van der Waals surface area contributed by atoms with Gasteiger partial charge in [0, 0.05) is 5.69 Å². The van der Waals surface area contributed by atoms with E-state index in [4.69, 9.17) is 40.5 Å². The molecule has 0 spiro atoms. The molecule has 0 radical (unpaired) electrons. The summed E-state index contributed by atoms with van der Waals surface area (Å²) in [7, 11) is 0. The molecule has 0 bridgehead atoms. The molecule has 0 unspecified atom stereocenters. The van der Waals surface area contributed by atoms with Crippen molar-refractivity contribution in [2.45, 2.75) is 0 Å². The fraction of sp³-hybridized carbons (Fsp3) is 0. The summed E-state index contributed by atoms with van der Waals surface area (Å²) in [5, 5.41) is 3.33. The fourth-order valence-corrected chi connectivity index (χ4v) is 1.96. The molecule has 19 heavy (non-hydrogen) atoms. The Labute approximate surface area is 124 Å². The lowest BCUT2D eigenvalue weighted by atomic mass is 10.2. The maximum absolute atomic E-state index is 12.1. The van der Waals surface area contributed by atoms with Gasteiger partial charge in [-0.05, 0) is 24.3 Å². The highest BCUT2D eigenvalue weighted by molar-refractivity contribution is 6.44. The van der Waals surface area contributed by atoms with Crippen molar-refractivity contribution in [1.82, 2.24) is 4.98 Å². The van der Waals surface area contributed by atoms with Gasteiger partial charge in [0.15, 0.2) is 0 Å². The number of nitrogens with zero attached hydrogens (tertiary/aromatic N) is 1. The van der Waals surface area contributed by atoms with E-state index in [0.717, 1.165) is 0 Å². The average Bonchev–Trinajstić information content (AvgIpc) is 2.36. The van der Waals surface area contributed by atoms with Gasteiger partial charge in [0.2, 0.25) is 0 Å². The van der Waals surface area contributed by atoms with Crippen LogP contribution in [0.3, 0.4) is 0 Å². The zero-order chi connectivity index (χ0) is 14.0. The van der Waals surface area contributed by atoms with Crippen LogP contribution in [0.2, 0.25) is 15.2 Å². The summed E-state index contributed by atoms with van der Waals surface area (Å²) in [6.07, 6.45) is 1.43. The number of aromatic nitrogens is 1. The van der Waals surface area contributed by atoms with Gasteiger partial charge in [-0.25, -0.2) is 4.98 Å². The minimum Gasteiger partial charge on any atom is -0.399 e. The summed E-state index contributed by atoms with van der Waals surface area (Å²) < 4.78 is 0. The van der Waals surface area contributed by atoms with Crippen molar-refractivity contribution in [3.8, 4) is 0 Å². The molecule has 0 saturated heterocycles. The molecule has 0 aliphatic carbocycles. The topological polar surface area (TPSA) is 68.0 Å². The lowest BCUT2D eigenvalue weighted by molar-refractivity contribution is 0.102.